The minimum Gasteiger partial charge on any atom is -0.469 e. The fourth-order valence-corrected chi connectivity index (χ4v) is 3.15. The van der Waals surface area contributed by atoms with Gasteiger partial charge in [-0.3, -0.25) is 4.79 Å². The highest BCUT2D eigenvalue weighted by molar-refractivity contribution is 5.74. The summed E-state index contributed by atoms with van der Waals surface area (Å²) in [4.78, 5) is 12.7. The van der Waals surface area contributed by atoms with Gasteiger partial charge in [0.2, 0.25) is 0 Å². The van der Waals surface area contributed by atoms with E-state index in [1.807, 2.05) is 91.0 Å². The third-order valence-electron chi connectivity index (χ3n) is 4.46. The predicted octanol–water partition coefficient (Wildman–Crippen LogP) is 4.87. The second-order valence-electron chi connectivity index (χ2n) is 6.22. The molecule has 3 nitrogen and oxygen atoms in total. The summed E-state index contributed by atoms with van der Waals surface area (Å²) in [5.41, 5.74) is 3.14. The number of hydrogen-bond acceptors (Lipinski definition) is 3. The molecule has 2 atom stereocenters. The van der Waals surface area contributed by atoms with E-state index < -0.39 is 0 Å². The van der Waals surface area contributed by atoms with Crippen molar-refractivity contribution in [1.29, 1.82) is 0 Å². The summed E-state index contributed by atoms with van der Waals surface area (Å²) >= 11 is 0. The SMILES string of the molecule is COC(=O)[C@H](Cc1ccccc1)[C@H](Nc1ccccc1)c1ccccc1. The highest BCUT2D eigenvalue weighted by Gasteiger charge is 2.30. The minimum absolute atomic E-state index is 0.189. The van der Waals surface area contributed by atoms with Crippen LogP contribution in [0.4, 0.5) is 5.69 Å². The Hall–Kier alpha value is -3.07. The van der Waals surface area contributed by atoms with Crippen molar-refractivity contribution in [2.45, 2.75) is 12.5 Å². The van der Waals surface area contributed by atoms with Crippen molar-refractivity contribution >= 4 is 11.7 Å². The maximum absolute atomic E-state index is 12.7. The van der Waals surface area contributed by atoms with Crippen LogP contribution in [0.1, 0.15) is 17.2 Å². The Labute approximate surface area is 154 Å². The number of rotatable bonds is 7. The van der Waals surface area contributed by atoms with E-state index in [-0.39, 0.29) is 17.9 Å². The van der Waals surface area contributed by atoms with Crippen molar-refractivity contribution in [3.63, 3.8) is 0 Å². The van der Waals surface area contributed by atoms with Crippen LogP contribution >= 0.6 is 0 Å². The number of para-hydroxylation sites is 1. The Bertz CT molecular complexity index is 803. The Morgan fingerprint density at radius 1 is 0.846 bits per heavy atom. The molecule has 3 aromatic rings. The number of carbonyl (C=O) groups excluding carboxylic acids is 1. The average molecular weight is 345 g/mol. The minimum atomic E-state index is -0.343. The Morgan fingerprint density at radius 3 is 1.96 bits per heavy atom. The first kappa shape index (κ1) is 17.7. The largest absolute Gasteiger partial charge is 0.469 e. The smallest absolute Gasteiger partial charge is 0.311 e. The lowest BCUT2D eigenvalue weighted by molar-refractivity contribution is -0.146. The van der Waals surface area contributed by atoms with Gasteiger partial charge in [-0.25, -0.2) is 0 Å². The van der Waals surface area contributed by atoms with Crippen molar-refractivity contribution in [2.75, 3.05) is 12.4 Å². The van der Waals surface area contributed by atoms with Crippen LogP contribution in [-0.2, 0) is 16.0 Å². The summed E-state index contributed by atoms with van der Waals surface area (Å²) in [7, 11) is 1.45. The second kappa shape index (κ2) is 8.86. The van der Waals surface area contributed by atoms with E-state index in [1.165, 1.54) is 7.11 Å². The van der Waals surface area contributed by atoms with Crippen LogP contribution < -0.4 is 5.32 Å². The summed E-state index contributed by atoms with van der Waals surface area (Å²) in [6.07, 6.45) is 0.604. The maximum Gasteiger partial charge on any atom is 0.311 e. The molecule has 0 aliphatic carbocycles. The number of benzene rings is 3. The normalized spacial score (nSPS) is 12.8. The van der Waals surface area contributed by atoms with Crippen LogP contribution in [-0.4, -0.2) is 13.1 Å². The molecule has 0 amide bonds. The molecule has 3 aromatic carbocycles. The third kappa shape index (κ3) is 4.51. The lowest BCUT2D eigenvalue weighted by Crippen LogP contribution is -2.30. The van der Waals surface area contributed by atoms with Gasteiger partial charge in [-0.05, 0) is 29.7 Å². The van der Waals surface area contributed by atoms with Crippen molar-refractivity contribution in [2.24, 2.45) is 5.92 Å². The Kier molecular flexibility index (Phi) is 6.05. The molecular formula is C23H23NO2. The number of hydrogen-bond donors (Lipinski definition) is 1. The van der Waals surface area contributed by atoms with Gasteiger partial charge in [-0.2, -0.15) is 0 Å². The van der Waals surface area contributed by atoms with E-state index in [1.54, 1.807) is 0 Å². The predicted molar refractivity (Wildman–Crippen MR) is 105 cm³/mol. The van der Waals surface area contributed by atoms with Crippen LogP contribution in [0, 0.1) is 5.92 Å². The quantitative estimate of drug-likeness (QED) is 0.621. The molecule has 0 spiro atoms. The summed E-state index contributed by atoms with van der Waals surface area (Å²) in [6.45, 7) is 0. The second-order valence-corrected chi connectivity index (χ2v) is 6.22. The zero-order valence-corrected chi connectivity index (χ0v) is 14.8. The lowest BCUT2D eigenvalue weighted by atomic mass is 9.87. The molecular weight excluding hydrogens is 322 g/mol. The van der Waals surface area contributed by atoms with Crippen LogP contribution in [0.3, 0.4) is 0 Å². The summed E-state index contributed by atoms with van der Waals surface area (Å²) in [6, 6.07) is 29.9. The molecule has 3 rings (SSSR count). The van der Waals surface area contributed by atoms with Gasteiger partial charge >= 0.3 is 5.97 Å². The van der Waals surface area contributed by atoms with Crippen molar-refractivity contribution in [1.82, 2.24) is 0 Å². The molecule has 1 N–H and O–H groups in total. The molecule has 0 heterocycles. The fourth-order valence-electron chi connectivity index (χ4n) is 3.15. The van der Waals surface area contributed by atoms with E-state index in [0.29, 0.717) is 6.42 Å². The lowest BCUT2D eigenvalue weighted by Gasteiger charge is -2.28. The molecule has 0 saturated carbocycles. The first-order valence-corrected chi connectivity index (χ1v) is 8.76. The van der Waals surface area contributed by atoms with Crippen molar-refractivity contribution in [3.05, 3.63) is 102 Å². The zero-order valence-electron chi connectivity index (χ0n) is 14.8. The van der Waals surface area contributed by atoms with Gasteiger partial charge in [-0.1, -0.05) is 78.9 Å². The van der Waals surface area contributed by atoms with Gasteiger partial charge in [0.15, 0.2) is 0 Å². The highest BCUT2D eigenvalue weighted by Crippen LogP contribution is 2.30. The molecule has 0 aliphatic rings. The monoisotopic (exact) mass is 345 g/mol. The Balaban J connectivity index is 1.96. The van der Waals surface area contributed by atoms with E-state index in [9.17, 15) is 4.79 Å². The zero-order chi connectivity index (χ0) is 18.2. The molecule has 132 valence electrons. The van der Waals surface area contributed by atoms with E-state index in [2.05, 4.69) is 5.32 Å². The van der Waals surface area contributed by atoms with Gasteiger partial charge in [0.1, 0.15) is 0 Å². The molecule has 0 unspecified atom stereocenters. The molecule has 0 aliphatic heterocycles. The van der Waals surface area contributed by atoms with Gasteiger partial charge in [0, 0.05) is 5.69 Å². The van der Waals surface area contributed by atoms with E-state index in [4.69, 9.17) is 4.74 Å². The Morgan fingerprint density at radius 2 is 1.38 bits per heavy atom. The van der Waals surface area contributed by atoms with Crippen LogP contribution in [0.2, 0.25) is 0 Å². The number of esters is 1. The van der Waals surface area contributed by atoms with Crippen molar-refractivity contribution < 1.29 is 9.53 Å². The molecule has 3 heteroatoms. The number of methoxy groups -OCH3 is 1. The number of carbonyl (C=O) groups is 1. The summed E-state index contributed by atoms with van der Waals surface area (Å²) < 4.78 is 5.15. The third-order valence-corrected chi connectivity index (χ3v) is 4.46. The first-order chi connectivity index (χ1) is 12.8. The molecule has 0 aromatic heterocycles. The first-order valence-electron chi connectivity index (χ1n) is 8.76. The maximum atomic E-state index is 12.7. The van der Waals surface area contributed by atoms with E-state index >= 15 is 0 Å². The molecule has 0 bridgehead atoms. The van der Waals surface area contributed by atoms with Crippen LogP contribution in [0.25, 0.3) is 0 Å². The van der Waals surface area contributed by atoms with Gasteiger partial charge in [0.25, 0.3) is 0 Å². The van der Waals surface area contributed by atoms with Gasteiger partial charge < -0.3 is 10.1 Å². The highest BCUT2D eigenvalue weighted by atomic mass is 16.5. The van der Waals surface area contributed by atoms with Crippen molar-refractivity contribution in [3.8, 4) is 0 Å². The van der Waals surface area contributed by atoms with Gasteiger partial charge in [0.05, 0.1) is 19.1 Å². The topological polar surface area (TPSA) is 38.3 Å². The van der Waals surface area contributed by atoms with E-state index in [0.717, 1.165) is 16.8 Å². The molecule has 0 radical (unpaired) electrons. The average Bonchev–Trinajstić information content (AvgIpc) is 2.72. The van der Waals surface area contributed by atoms with Crippen LogP contribution in [0.5, 0.6) is 0 Å². The molecule has 0 saturated heterocycles. The fraction of sp³-hybridized carbons (Fsp3) is 0.174. The number of ether oxygens (including phenoxy) is 1. The summed E-state index contributed by atoms with van der Waals surface area (Å²) in [5.74, 6) is -0.559. The number of anilines is 1. The molecule has 26 heavy (non-hydrogen) atoms. The molecule has 0 fully saturated rings. The summed E-state index contributed by atoms with van der Waals surface area (Å²) in [5, 5.41) is 3.53. The standard InChI is InChI=1S/C23H23NO2/c1-26-23(25)21(17-18-11-5-2-6-12-18)22(19-13-7-3-8-14-19)24-20-15-9-4-10-16-20/h2-16,21-22,24H,17H2,1H3/t21-,22-/m1/s1. The number of nitrogens with one attached hydrogen (secondary N) is 1. The van der Waals surface area contributed by atoms with Gasteiger partial charge in [-0.15, -0.1) is 0 Å². The van der Waals surface area contributed by atoms with Crippen LogP contribution in [0.15, 0.2) is 91.0 Å².